The summed E-state index contributed by atoms with van der Waals surface area (Å²) in [6.45, 7) is 9.21. The van der Waals surface area contributed by atoms with E-state index in [1.807, 2.05) is 45.0 Å². The van der Waals surface area contributed by atoms with Gasteiger partial charge in [0.1, 0.15) is 12.2 Å². The lowest BCUT2D eigenvalue weighted by Crippen LogP contribution is -2.41. The van der Waals surface area contributed by atoms with Gasteiger partial charge < -0.3 is 19.7 Å². The molecule has 6 heteroatoms. The van der Waals surface area contributed by atoms with Crippen molar-refractivity contribution in [2.45, 2.75) is 64.9 Å². The van der Waals surface area contributed by atoms with Gasteiger partial charge in [-0.3, -0.25) is 0 Å². The van der Waals surface area contributed by atoms with Gasteiger partial charge in [0, 0.05) is 27.0 Å². The molecule has 0 spiro atoms. The van der Waals surface area contributed by atoms with Crippen molar-refractivity contribution in [3.05, 3.63) is 59.7 Å². The molecule has 186 valence electrons. The van der Waals surface area contributed by atoms with Gasteiger partial charge in [0.2, 0.25) is 0 Å². The molecule has 1 N–H and O–H groups in total. The molecule has 0 aromatic heterocycles. The molecule has 6 nitrogen and oxygen atoms in total. The molecule has 2 amide bonds. The third kappa shape index (κ3) is 6.99. The summed E-state index contributed by atoms with van der Waals surface area (Å²) in [5, 5.41) is 2.74. The Bertz CT molecular complexity index is 928. The molecule has 0 atom stereocenters. The second kappa shape index (κ2) is 11.9. The second-order valence-corrected chi connectivity index (χ2v) is 9.78. The molecule has 0 saturated heterocycles. The number of carbonyl (C=O) groups excluding carboxylic acids is 2. The van der Waals surface area contributed by atoms with Crippen LogP contribution < -0.4 is 5.32 Å². The van der Waals surface area contributed by atoms with Crippen molar-refractivity contribution in [3.63, 3.8) is 0 Å². The van der Waals surface area contributed by atoms with Crippen LogP contribution in [0.1, 0.15) is 71.8 Å². The van der Waals surface area contributed by atoms with E-state index in [9.17, 15) is 9.59 Å². The van der Waals surface area contributed by atoms with Crippen molar-refractivity contribution in [2.75, 3.05) is 26.2 Å². The topological polar surface area (TPSA) is 67.9 Å². The van der Waals surface area contributed by atoms with Gasteiger partial charge in [0.25, 0.3) is 0 Å². The predicted molar refractivity (Wildman–Crippen MR) is 137 cm³/mol. The normalized spacial score (nSPS) is 12.6. The third-order valence-electron chi connectivity index (χ3n) is 5.93. The van der Waals surface area contributed by atoms with Crippen molar-refractivity contribution in [1.82, 2.24) is 10.2 Å². The molecule has 34 heavy (non-hydrogen) atoms. The number of alkyl carbamates (subject to hydrolysis) is 1. The molecule has 2 aromatic rings. The average molecular weight is 469 g/mol. The summed E-state index contributed by atoms with van der Waals surface area (Å²) in [4.78, 5) is 26.7. The summed E-state index contributed by atoms with van der Waals surface area (Å²) in [5.74, 6) is 0.0261. The molecule has 2 aromatic carbocycles. The van der Waals surface area contributed by atoms with Crippen LogP contribution >= 0.6 is 0 Å². The van der Waals surface area contributed by atoms with E-state index >= 15 is 0 Å². The van der Waals surface area contributed by atoms with Crippen molar-refractivity contribution >= 4 is 12.2 Å². The number of ether oxygens (including phenoxy) is 2. The van der Waals surface area contributed by atoms with Gasteiger partial charge in [-0.25, -0.2) is 9.59 Å². The van der Waals surface area contributed by atoms with Gasteiger partial charge in [-0.1, -0.05) is 74.7 Å². The van der Waals surface area contributed by atoms with Crippen molar-refractivity contribution in [1.29, 1.82) is 0 Å². The quantitative estimate of drug-likeness (QED) is 0.400. The van der Waals surface area contributed by atoms with E-state index in [2.05, 4.69) is 36.5 Å². The highest BCUT2D eigenvalue weighted by Gasteiger charge is 2.29. The Morgan fingerprint density at radius 1 is 0.941 bits per heavy atom. The largest absolute Gasteiger partial charge is 0.448 e. The summed E-state index contributed by atoms with van der Waals surface area (Å²) in [7, 11) is 0. The van der Waals surface area contributed by atoms with Gasteiger partial charge >= 0.3 is 12.2 Å². The highest BCUT2D eigenvalue weighted by Crippen LogP contribution is 2.44. The van der Waals surface area contributed by atoms with Crippen molar-refractivity contribution < 1.29 is 20.5 Å². The zero-order valence-corrected chi connectivity index (χ0v) is 20.9. The highest BCUT2D eigenvalue weighted by molar-refractivity contribution is 5.79. The molecule has 0 fully saturated rings. The first-order chi connectivity index (χ1) is 16.3. The SMILES string of the molecule is CCCCCCN(CCNC(=O)OC(C)(C)C)C(=O)OCC1c2ccccc2-c2ccccc21.[HH]. The van der Waals surface area contributed by atoms with E-state index in [-0.39, 0.29) is 20.0 Å². The van der Waals surface area contributed by atoms with Gasteiger partial charge in [-0.05, 0) is 49.4 Å². The summed E-state index contributed by atoms with van der Waals surface area (Å²) in [6.07, 6.45) is 3.41. The monoisotopic (exact) mass is 468 g/mol. The van der Waals surface area contributed by atoms with E-state index in [0.29, 0.717) is 19.6 Å². The Kier molecular flexibility index (Phi) is 8.97. The molecule has 0 unspecified atom stereocenters. The number of hydrogen-bond donors (Lipinski definition) is 1. The lowest BCUT2D eigenvalue weighted by molar-refractivity contribution is 0.0515. The summed E-state index contributed by atoms with van der Waals surface area (Å²) in [5.41, 5.74) is 4.24. The lowest BCUT2D eigenvalue weighted by Gasteiger charge is -2.24. The van der Waals surface area contributed by atoms with Crippen LogP contribution in [-0.2, 0) is 9.47 Å². The van der Waals surface area contributed by atoms with Gasteiger partial charge in [0.05, 0.1) is 0 Å². The molecule has 0 aliphatic heterocycles. The minimum absolute atomic E-state index is 0. The fraction of sp³-hybridized carbons (Fsp3) is 0.500. The molecule has 0 heterocycles. The molecule has 3 rings (SSSR count). The zero-order chi connectivity index (χ0) is 24.6. The number of benzene rings is 2. The molecular formula is C28H40N2O4. The minimum Gasteiger partial charge on any atom is -0.448 e. The van der Waals surface area contributed by atoms with Crippen LogP contribution in [0, 0.1) is 0 Å². The minimum atomic E-state index is -0.559. The number of nitrogens with zero attached hydrogens (tertiary/aromatic N) is 1. The van der Waals surface area contributed by atoms with Crippen LogP contribution in [-0.4, -0.2) is 48.9 Å². The number of carbonyl (C=O) groups is 2. The molecule has 0 bridgehead atoms. The number of fused-ring (bicyclic) bond motifs is 3. The predicted octanol–water partition coefficient (Wildman–Crippen LogP) is 6.59. The number of nitrogens with one attached hydrogen (secondary N) is 1. The highest BCUT2D eigenvalue weighted by atomic mass is 16.6. The van der Waals surface area contributed by atoms with Gasteiger partial charge in [-0.15, -0.1) is 0 Å². The Labute approximate surface area is 205 Å². The first kappa shape index (κ1) is 25.6. The Morgan fingerprint density at radius 3 is 2.15 bits per heavy atom. The number of unbranched alkanes of at least 4 members (excludes halogenated alkanes) is 3. The maximum absolute atomic E-state index is 13.1. The fourth-order valence-electron chi connectivity index (χ4n) is 4.32. The number of amides is 2. The van der Waals surface area contributed by atoms with E-state index in [1.54, 1.807) is 4.90 Å². The Balaban J connectivity index is 0.00000432. The molecule has 0 radical (unpaired) electrons. The standard InChI is InChI=1S/C28H38N2O4.H2/c1-5-6-7-12-18-30(19-17-29-26(31)34-28(2,3)4)27(32)33-20-25-23-15-10-8-13-21(23)22-14-9-11-16-24(22)25;/h8-11,13-16,25H,5-7,12,17-20H2,1-4H3,(H,29,31);1H. The lowest BCUT2D eigenvalue weighted by atomic mass is 9.98. The maximum Gasteiger partial charge on any atom is 0.409 e. The summed E-state index contributed by atoms with van der Waals surface area (Å²) >= 11 is 0. The van der Waals surface area contributed by atoms with Gasteiger partial charge in [-0.2, -0.15) is 0 Å². The van der Waals surface area contributed by atoms with E-state index < -0.39 is 11.7 Å². The molecular weight excluding hydrogens is 428 g/mol. The Morgan fingerprint density at radius 2 is 1.56 bits per heavy atom. The number of hydrogen-bond acceptors (Lipinski definition) is 4. The zero-order valence-electron chi connectivity index (χ0n) is 20.9. The maximum atomic E-state index is 13.1. The van der Waals surface area contributed by atoms with E-state index in [4.69, 9.17) is 9.47 Å². The van der Waals surface area contributed by atoms with Crippen molar-refractivity contribution in [3.8, 4) is 11.1 Å². The summed E-state index contributed by atoms with van der Waals surface area (Å²) in [6, 6.07) is 16.6. The third-order valence-corrected chi connectivity index (χ3v) is 5.93. The Hall–Kier alpha value is -3.02. The molecule has 1 aliphatic rings. The van der Waals surface area contributed by atoms with Crippen LogP contribution in [0.2, 0.25) is 0 Å². The first-order valence-corrected chi connectivity index (χ1v) is 12.4. The number of rotatable bonds is 10. The molecule has 1 aliphatic carbocycles. The summed E-state index contributed by atoms with van der Waals surface area (Å²) < 4.78 is 11.1. The molecule has 0 saturated carbocycles. The van der Waals surface area contributed by atoms with E-state index in [1.165, 1.54) is 22.3 Å². The van der Waals surface area contributed by atoms with Crippen LogP contribution in [0.15, 0.2) is 48.5 Å². The van der Waals surface area contributed by atoms with Crippen LogP contribution in [0.25, 0.3) is 11.1 Å². The second-order valence-electron chi connectivity index (χ2n) is 9.78. The van der Waals surface area contributed by atoms with Crippen LogP contribution in [0.3, 0.4) is 0 Å². The average Bonchev–Trinajstić information content (AvgIpc) is 3.11. The smallest absolute Gasteiger partial charge is 0.409 e. The van der Waals surface area contributed by atoms with Crippen molar-refractivity contribution in [2.24, 2.45) is 0 Å². The van der Waals surface area contributed by atoms with Crippen LogP contribution in [0.5, 0.6) is 0 Å². The first-order valence-electron chi connectivity index (χ1n) is 12.4. The van der Waals surface area contributed by atoms with Crippen LogP contribution in [0.4, 0.5) is 9.59 Å². The van der Waals surface area contributed by atoms with Gasteiger partial charge in [0.15, 0.2) is 0 Å². The fourth-order valence-corrected chi connectivity index (χ4v) is 4.32. The van der Waals surface area contributed by atoms with E-state index in [0.717, 1.165) is 25.7 Å².